The van der Waals surface area contributed by atoms with Crippen LogP contribution in [0, 0.1) is 11.8 Å². The second kappa shape index (κ2) is 7.63. The molecule has 1 saturated heterocycles. The number of piperidine rings is 1. The first-order chi connectivity index (χ1) is 11.6. The molecule has 0 bridgehead atoms. The van der Waals surface area contributed by atoms with Crippen molar-refractivity contribution in [1.82, 2.24) is 4.90 Å². The Hall–Kier alpha value is -2.13. The molecule has 0 unspecified atom stereocenters. The molecule has 3 rings (SSSR count). The molecular formula is C21H26N2O. The number of carbonyl (C=O) groups excluding carboxylic acids is 1. The average Bonchev–Trinajstić information content (AvgIpc) is 2.55. The minimum absolute atomic E-state index is 0.0691. The van der Waals surface area contributed by atoms with Gasteiger partial charge in [-0.15, -0.1) is 0 Å². The number of nitrogens with one attached hydrogen (secondary N) is 1. The van der Waals surface area contributed by atoms with E-state index in [4.69, 9.17) is 0 Å². The normalized spacial score (nSPS) is 21.4. The zero-order valence-electron chi connectivity index (χ0n) is 14.5. The van der Waals surface area contributed by atoms with Gasteiger partial charge in [0.25, 0.3) is 0 Å². The Labute approximate surface area is 144 Å². The number of hydrogen-bond acceptors (Lipinski definition) is 2. The van der Waals surface area contributed by atoms with E-state index >= 15 is 0 Å². The minimum Gasteiger partial charge on any atom is -0.324 e. The highest BCUT2D eigenvalue weighted by Gasteiger charge is 2.23. The summed E-state index contributed by atoms with van der Waals surface area (Å²) in [5.41, 5.74) is 3.06. The number of amides is 1. The molecule has 1 aliphatic heterocycles. The van der Waals surface area contributed by atoms with E-state index in [1.165, 1.54) is 6.42 Å². The Balaban J connectivity index is 1.69. The fourth-order valence-corrected chi connectivity index (χ4v) is 3.78. The van der Waals surface area contributed by atoms with Crippen molar-refractivity contribution in [3.05, 3.63) is 54.6 Å². The van der Waals surface area contributed by atoms with Crippen LogP contribution in [0.5, 0.6) is 0 Å². The zero-order valence-corrected chi connectivity index (χ0v) is 14.5. The second-order valence-electron chi connectivity index (χ2n) is 7.10. The summed E-state index contributed by atoms with van der Waals surface area (Å²) in [5, 5.41) is 3.11. The number of hydrogen-bond donors (Lipinski definition) is 1. The third kappa shape index (κ3) is 4.24. The van der Waals surface area contributed by atoms with Crippen molar-refractivity contribution in [3.8, 4) is 11.1 Å². The van der Waals surface area contributed by atoms with E-state index in [-0.39, 0.29) is 5.91 Å². The maximum atomic E-state index is 12.5. The molecule has 1 fully saturated rings. The van der Waals surface area contributed by atoms with Gasteiger partial charge >= 0.3 is 0 Å². The van der Waals surface area contributed by atoms with Gasteiger partial charge in [0.1, 0.15) is 0 Å². The average molecular weight is 322 g/mol. The Morgan fingerprint density at radius 3 is 2.33 bits per heavy atom. The first-order valence-corrected chi connectivity index (χ1v) is 8.78. The quantitative estimate of drug-likeness (QED) is 0.911. The molecule has 126 valence electrons. The Bertz CT molecular complexity index is 673. The third-order valence-electron chi connectivity index (χ3n) is 4.60. The van der Waals surface area contributed by atoms with Gasteiger partial charge in [-0.05, 0) is 29.9 Å². The number of likely N-dealkylation sites (tertiary alicyclic amines) is 1. The molecule has 3 nitrogen and oxygen atoms in total. The van der Waals surface area contributed by atoms with E-state index in [1.807, 2.05) is 36.4 Å². The van der Waals surface area contributed by atoms with Crippen LogP contribution in [0.15, 0.2) is 54.6 Å². The van der Waals surface area contributed by atoms with Gasteiger partial charge in [-0.2, -0.15) is 0 Å². The van der Waals surface area contributed by atoms with E-state index in [9.17, 15) is 4.79 Å². The van der Waals surface area contributed by atoms with E-state index < -0.39 is 0 Å². The molecule has 0 radical (unpaired) electrons. The fraction of sp³-hybridized carbons (Fsp3) is 0.381. The molecule has 1 amide bonds. The van der Waals surface area contributed by atoms with Crippen molar-refractivity contribution in [3.63, 3.8) is 0 Å². The lowest BCUT2D eigenvalue weighted by atomic mass is 9.92. The van der Waals surface area contributed by atoms with Crippen LogP contribution in [-0.2, 0) is 4.79 Å². The Morgan fingerprint density at radius 1 is 1.00 bits per heavy atom. The smallest absolute Gasteiger partial charge is 0.238 e. The first kappa shape index (κ1) is 16.7. The van der Waals surface area contributed by atoms with Crippen molar-refractivity contribution in [1.29, 1.82) is 0 Å². The second-order valence-corrected chi connectivity index (χ2v) is 7.10. The number of nitrogens with zero attached hydrogens (tertiary/aromatic N) is 1. The minimum atomic E-state index is 0.0691. The molecule has 0 saturated carbocycles. The molecule has 24 heavy (non-hydrogen) atoms. The summed E-state index contributed by atoms with van der Waals surface area (Å²) in [6.07, 6.45) is 1.26. The third-order valence-corrected chi connectivity index (χ3v) is 4.60. The van der Waals surface area contributed by atoms with Crippen LogP contribution in [0.1, 0.15) is 20.3 Å². The lowest BCUT2D eigenvalue weighted by Crippen LogP contribution is -2.42. The van der Waals surface area contributed by atoms with Crippen LogP contribution in [0.2, 0.25) is 0 Å². The molecule has 0 aliphatic carbocycles. The summed E-state index contributed by atoms with van der Waals surface area (Å²) >= 11 is 0. The molecule has 1 N–H and O–H groups in total. The highest BCUT2D eigenvalue weighted by atomic mass is 16.2. The highest BCUT2D eigenvalue weighted by Crippen LogP contribution is 2.27. The molecule has 2 aromatic rings. The maximum Gasteiger partial charge on any atom is 0.238 e. The van der Waals surface area contributed by atoms with Crippen LogP contribution in [-0.4, -0.2) is 30.4 Å². The highest BCUT2D eigenvalue weighted by molar-refractivity contribution is 5.96. The Kier molecular flexibility index (Phi) is 5.31. The fourth-order valence-electron chi connectivity index (χ4n) is 3.78. The van der Waals surface area contributed by atoms with E-state index in [1.54, 1.807) is 0 Å². The van der Waals surface area contributed by atoms with E-state index in [0.29, 0.717) is 18.4 Å². The Morgan fingerprint density at radius 2 is 1.62 bits per heavy atom. The topological polar surface area (TPSA) is 32.3 Å². The predicted molar refractivity (Wildman–Crippen MR) is 99.9 cm³/mol. The van der Waals surface area contributed by atoms with Gasteiger partial charge in [0.2, 0.25) is 5.91 Å². The maximum absolute atomic E-state index is 12.5. The van der Waals surface area contributed by atoms with Crippen molar-refractivity contribution < 1.29 is 4.79 Å². The van der Waals surface area contributed by atoms with Crippen LogP contribution in [0.4, 0.5) is 5.69 Å². The summed E-state index contributed by atoms with van der Waals surface area (Å²) in [5.74, 6) is 1.40. The van der Waals surface area contributed by atoms with Crippen molar-refractivity contribution >= 4 is 11.6 Å². The summed E-state index contributed by atoms with van der Waals surface area (Å²) < 4.78 is 0. The van der Waals surface area contributed by atoms with Gasteiger partial charge in [-0.3, -0.25) is 9.69 Å². The summed E-state index contributed by atoms with van der Waals surface area (Å²) in [7, 11) is 0. The first-order valence-electron chi connectivity index (χ1n) is 8.78. The van der Waals surface area contributed by atoms with Crippen LogP contribution in [0.3, 0.4) is 0 Å². The lowest BCUT2D eigenvalue weighted by molar-refractivity contribution is -0.117. The van der Waals surface area contributed by atoms with Gasteiger partial charge in [0.15, 0.2) is 0 Å². The number of benzene rings is 2. The molecular weight excluding hydrogens is 296 g/mol. The van der Waals surface area contributed by atoms with Crippen LogP contribution < -0.4 is 5.32 Å². The van der Waals surface area contributed by atoms with Gasteiger partial charge in [-0.25, -0.2) is 0 Å². The largest absolute Gasteiger partial charge is 0.324 e. The number of carbonyl (C=O) groups is 1. The van der Waals surface area contributed by atoms with Crippen molar-refractivity contribution in [2.24, 2.45) is 11.8 Å². The standard InChI is InChI=1S/C21H26N2O/c1-16-12-17(2)14-23(13-16)15-21(24)22-20-11-7-6-10-19(20)18-8-4-3-5-9-18/h3-11,16-17H,12-15H2,1-2H3,(H,22,24)/t16-,17+. The number of anilines is 1. The van der Waals surface area contributed by atoms with Gasteiger partial charge in [0.05, 0.1) is 6.54 Å². The zero-order chi connectivity index (χ0) is 16.9. The molecule has 2 atom stereocenters. The summed E-state index contributed by atoms with van der Waals surface area (Å²) in [6.45, 7) is 7.03. The predicted octanol–water partition coefficient (Wildman–Crippen LogP) is 4.27. The SMILES string of the molecule is C[C@@H]1C[C@H](C)CN(CC(=O)Nc2ccccc2-c2ccccc2)C1. The van der Waals surface area contributed by atoms with Crippen LogP contribution in [0.25, 0.3) is 11.1 Å². The van der Waals surface area contributed by atoms with Gasteiger partial charge < -0.3 is 5.32 Å². The van der Waals surface area contributed by atoms with Gasteiger partial charge in [0, 0.05) is 24.3 Å². The van der Waals surface area contributed by atoms with Crippen LogP contribution >= 0.6 is 0 Å². The number of rotatable bonds is 4. The molecule has 1 heterocycles. The molecule has 0 spiro atoms. The molecule has 1 aliphatic rings. The van der Waals surface area contributed by atoms with Gasteiger partial charge in [-0.1, -0.05) is 62.4 Å². The summed E-state index contributed by atoms with van der Waals surface area (Å²) in [6, 6.07) is 18.2. The molecule has 3 heteroatoms. The van der Waals surface area contributed by atoms with Crippen molar-refractivity contribution in [2.45, 2.75) is 20.3 Å². The summed E-state index contributed by atoms with van der Waals surface area (Å²) in [4.78, 5) is 14.8. The van der Waals surface area contributed by atoms with E-state index in [0.717, 1.165) is 29.9 Å². The lowest BCUT2D eigenvalue weighted by Gasteiger charge is -2.34. The van der Waals surface area contributed by atoms with E-state index in [2.05, 4.69) is 42.3 Å². The molecule has 0 aromatic heterocycles. The van der Waals surface area contributed by atoms with Crippen molar-refractivity contribution in [2.75, 3.05) is 25.0 Å². The molecule has 2 aromatic carbocycles. The number of para-hydroxylation sites is 1. The monoisotopic (exact) mass is 322 g/mol.